The van der Waals surface area contributed by atoms with Gasteiger partial charge in [0.05, 0.1) is 6.61 Å². The van der Waals surface area contributed by atoms with Crippen LogP contribution in [0.15, 0.2) is 60.7 Å². The second-order valence-electron chi connectivity index (χ2n) is 5.19. The number of benzene rings is 2. The Kier molecular flexibility index (Phi) is 4.30. The summed E-state index contributed by atoms with van der Waals surface area (Å²) in [5.41, 5.74) is 1.87. The number of hydrogen-bond donors (Lipinski definition) is 0. The predicted molar refractivity (Wildman–Crippen MR) is 80.1 cm³/mol. The molecular formula is C18H16O4. The summed E-state index contributed by atoms with van der Waals surface area (Å²) in [6.45, 7) is 0.213. The minimum absolute atomic E-state index is 0.213. The molecule has 2 aromatic rings. The van der Waals surface area contributed by atoms with Crippen LogP contribution >= 0.6 is 0 Å². The highest BCUT2D eigenvalue weighted by Crippen LogP contribution is 2.19. The number of Topliss-reactive ketones (excluding diaryl/α,β-unsaturated/α-hetero) is 1. The van der Waals surface area contributed by atoms with Gasteiger partial charge in [-0.2, -0.15) is 0 Å². The maximum atomic E-state index is 12.3. The third-order valence-electron chi connectivity index (χ3n) is 3.57. The number of carbonyl (C=O) groups is 2. The molecule has 1 fully saturated rings. The van der Waals surface area contributed by atoms with E-state index in [1.165, 1.54) is 0 Å². The molecule has 0 amide bonds. The lowest BCUT2D eigenvalue weighted by Gasteiger charge is -2.08. The molecule has 0 bridgehead atoms. The van der Waals surface area contributed by atoms with Crippen LogP contribution in [0.25, 0.3) is 0 Å². The normalized spacial score (nSPS) is 20.9. The zero-order valence-corrected chi connectivity index (χ0v) is 12.0. The molecular weight excluding hydrogens is 280 g/mol. The molecule has 0 aliphatic carbocycles. The van der Waals surface area contributed by atoms with Crippen molar-refractivity contribution >= 4 is 11.8 Å². The molecule has 1 saturated heterocycles. The van der Waals surface area contributed by atoms with Gasteiger partial charge in [-0.15, -0.1) is 0 Å². The van der Waals surface area contributed by atoms with E-state index < -0.39 is 18.2 Å². The molecule has 0 aromatic heterocycles. The van der Waals surface area contributed by atoms with Gasteiger partial charge in [-0.1, -0.05) is 60.7 Å². The highest BCUT2D eigenvalue weighted by Gasteiger charge is 2.44. The van der Waals surface area contributed by atoms with Crippen molar-refractivity contribution in [3.8, 4) is 0 Å². The Morgan fingerprint density at radius 2 is 1.45 bits per heavy atom. The Hall–Kier alpha value is -2.46. The van der Waals surface area contributed by atoms with Crippen LogP contribution in [0, 0.1) is 0 Å². The standard InChI is InChI=1S/C18H16O4/c19-16-15(11-13-7-3-1-4-8-13)22-18(20)17(16)21-12-14-9-5-2-6-10-14/h1-10,15,17H,11-12H2/t15-,17?/m1/s1. The smallest absolute Gasteiger partial charge is 0.343 e. The van der Waals surface area contributed by atoms with Crippen molar-refractivity contribution in [3.05, 3.63) is 71.8 Å². The van der Waals surface area contributed by atoms with Crippen molar-refractivity contribution < 1.29 is 19.1 Å². The third-order valence-corrected chi connectivity index (χ3v) is 3.57. The number of rotatable bonds is 5. The van der Waals surface area contributed by atoms with Crippen molar-refractivity contribution in [3.63, 3.8) is 0 Å². The van der Waals surface area contributed by atoms with E-state index >= 15 is 0 Å². The first-order chi connectivity index (χ1) is 10.7. The number of esters is 1. The first kappa shape index (κ1) is 14.5. The van der Waals surface area contributed by atoms with Gasteiger partial charge in [-0.3, -0.25) is 4.79 Å². The van der Waals surface area contributed by atoms with Gasteiger partial charge in [0.25, 0.3) is 0 Å². The van der Waals surface area contributed by atoms with Crippen LogP contribution in [-0.4, -0.2) is 24.0 Å². The summed E-state index contributed by atoms with van der Waals surface area (Å²) in [7, 11) is 0. The van der Waals surface area contributed by atoms with Gasteiger partial charge in [-0.05, 0) is 11.1 Å². The molecule has 0 N–H and O–H groups in total. The van der Waals surface area contributed by atoms with Crippen LogP contribution in [-0.2, 0) is 32.1 Å². The van der Waals surface area contributed by atoms with Crippen molar-refractivity contribution in [2.45, 2.75) is 25.2 Å². The topological polar surface area (TPSA) is 52.6 Å². The number of cyclic esters (lactones) is 1. The quantitative estimate of drug-likeness (QED) is 0.627. The molecule has 4 heteroatoms. The van der Waals surface area contributed by atoms with E-state index in [1.54, 1.807) is 0 Å². The van der Waals surface area contributed by atoms with Gasteiger partial charge in [-0.25, -0.2) is 4.79 Å². The molecule has 1 aliphatic rings. The van der Waals surface area contributed by atoms with E-state index in [-0.39, 0.29) is 12.4 Å². The van der Waals surface area contributed by atoms with E-state index in [1.807, 2.05) is 60.7 Å². The summed E-state index contributed by atoms with van der Waals surface area (Å²) < 4.78 is 10.6. The molecule has 112 valence electrons. The van der Waals surface area contributed by atoms with Crippen LogP contribution in [0.4, 0.5) is 0 Å². The Bertz CT molecular complexity index is 651. The molecule has 0 radical (unpaired) electrons. The Morgan fingerprint density at radius 1 is 0.864 bits per heavy atom. The maximum Gasteiger partial charge on any atom is 0.343 e. The van der Waals surface area contributed by atoms with Gasteiger partial charge in [0.15, 0.2) is 6.10 Å². The summed E-state index contributed by atoms with van der Waals surface area (Å²) in [4.78, 5) is 24.1. The number of hydrogen-bond acceptors (Lipinski definition) is 4. The average molecular weight is 296 g/mol. The molecule has 1 unspecified atom stereocenters. The van der Waals surface area contributed by atoms with Crippen LogP contribution < -0.4 is 0 Å². The molecule has 2 aromatic carbocycles. The van der Waals surface area contributed by atoms with Crippen LogP contribution in [0.5, 0.6) is 0 Å². The molecule has 22 heavy (non-hydrogen) atoms. The largest absolute Gasteiger partial charge is 0.452 e. The van der Waals surface area contributed by atoms with Crippen LogP contribution in [0.2, 0.25) is 0 Å². The lowest BCUT2D eigenvalue weighted by molar-refractivity contribution is -0.150. The minimum Gasteiger partial charge on any atom is -0.452 e. The van der Waals surface area contributed by atoms with Crippen LogP contribution in [0.1, 0.15) is 11.1 Å². The van der Waals surface area contributed by atoms with Gasteiger partial charge in [0.1, 0.15) is 0 Å². The first-order valence-corrected chi connectivity index (χ1v) is 7.18. The summed E-state index contributed by atoms with van der Waals surface area (Å²) in [5.74, 6) is -0.897. The SMILES string of the molecule is O=C1O[C@H](Cc2ccccc2)C(=O)C1OCc1ccccc1. The molecule has 2 atom stereocenters. The minimum atomic E-state index is -1.12. The highest BCUT2D eigenvalue weighted by molar-refractivity contribution is 6.09. The second-order valence-corrected chi connectivity index (χ2v) is 5.19. The lowest BCUT2D eigenvalue weighted by atomic mass is 10.0. The summed E-state index contributed by atoms with van der Waals surface area (Å²) in [6, 6.07) is 18.9. The average Bonchev–Trinajstić information content (AvgIpc) is 2.81. The molecule has 4 nitrogen and oxygen atoms in total. The number of carbonyl (C=O) groups excluding carboxylic acids is 2. The van der Waals surface area contributed by atoms with Crippen molar-refractivity contribution in [1.82, 2.24) is 0 Å². The Morgan fingerprint density at radius 3 is 2.09 bits per heavy atom. The molecule has 3 rings (SSSR count). The van der Waals surface area contributed by atoms with Gasteiger partial charge >= 0.3 is 5.97 Å². The summed E-state index contributed by atoms with van der Waals surface area (Å²) in [6.07, 6.45) is -1.49. The molecule has 0 spiro atoms. The fourth-order valence-electron chi connectivity index (χ4n) is 2.42. The summed E-state index contributed by atoms with van der Waals surface area (Å²) in [5, 5.41) is 0. The van der Waals surface area contributed by atoms with Gasteiger partial charge < -0.3 is 9.47 Å². The molecule has 0 saturated carbocycles. The Labute approximate surface area is 128 Å². The van der Waals surface area contributed by atoms with Gasteiger partial charge in [0, 0.05) is 6.42 Å². The van der Waals surface area contributed by atoms with Gasteiger partial charge in [0.2, 0.25) is 11.9 Å². The second kappa shape index (κ2) is 6.54. The van der Waals surface area contributed by atoms with Crippen molar-refractivity contribution in [2.24, 2.45) is 0 Å². The fraction of sp³-hybridized carbons (Fsp3) is 0.222. The van der Waals surface area contributed by atoms with E-state index in [0.717, 1.165) is 11.1 Å². The van der Waals surface area contributed by atoms with Crippen molar-refractivity contribution in [2.75, 3.05) is 0 Å². The molecule has 1 heterocycles. The van der Waals surface area contributed by atoms with E-state index in [4.69, 9.17) is 9.47 Å². The predicted octanol–water partition coefficient (Wildman–Crippen LogP) is 2.31. The summed E-state index contributed by atoms with van der Waals surface area (Å²) >= 11 is 0. The zero-order valence-electron chi connectivity index (χ0n) is 12.0. The van der Waals surface area contributed by atoms with E-state index in [2.05, 4.69) is 0 Å². The van der Waals surface area contributed by atoms with Crippen LogP contribution in [0.3, 0.4) is 0 Å². The maximum absolute atomic E-state index is 12.3. The Balaban J connectivity index is 1.62. The van der Waals surface area contributed by atoms with Crippen molar-refractivity contribution in [1.29, 1.82) is 0 Å². The van der Waals surface area contributed by atoms with E-state index in [0.29, 0.717) is 6.42 Å². The molecule has 1 aliphatic heterocycles. The van der Waals surface area contributed by atoms with E-state index in [9.17, 15) is 9.59 Å². The lowest BCUT2D eigenvalue weighted by Crippen LogP contribution is -2.29. The number of ketones is 1. The highest BCUT2D eigenvalue weighted by atomic mass is 16.6. The first-order valence-electron chi connectivity index (χ1n) is 7.18. The zero-order chi connectivity index (χ0) is 15.4. The fourth-order valence-corrected chi connectivity index (χ4v) is 2.42. The monoisotopic (exact) mass is 296 g/mol. The third kappa shape index (κ3) is 3.23. The number of ether oxygens (including phenoxy) is 2.